The molecule has 124 heavy (non-hydrogen) atoms. The molecule has 0 amide bonds. The molecule has 7 aromatic carbocycles. The maximum atomic E-state index is 18.2. The van der Waals surface area contributed by atoms with Crippen LogP contribution < -0.4 is 0 Å². The van der Waals surface area contributed by atoms with Gasteiger partial charge < -0.3 is 0 Å². The van der Waals surface area contributed by atoms with Crippen molar-refractivity contribution in [1.82, 2.24) is 17.5 Å². The van der Waals surface area contributed by atoms with Crippen LogP contribution in [0, 0.1) is 11.6 Å². The van der Waals surface area contributed by atoms with Gasteiger partial charge in [0.25, 0.3) is 0 Å². The highest BCUT2D eigenvalue weighted by Gasteiger charge is 2.55. The van der Waals surface area contributed by atoms with Crippen molar-refractivity contribution in [2.75, 3.05) is 0 Å². The quantitative estimate of drug-likeness (QED) is 0.0359. The van der Waals surface area contributed by atoms with Crippen LogP contribution in [0.4, 0.5) is 8.78 Å². The van der Waals surface area contributed by atoms with Gasteiger partial charge in [0.05, 0.1) is 54.8 Å². The molecule has 0 spiro atoms. The predicted molar refractivity (Wildman–Crippen MR) is 541 cm³/mol. The third-order valence-corrected chi connectivity index (χ3v) is 37.3. The number of rotatable bonds is 40. The molecule has 19 rings (SSSR count). The Kier molecular flexibility index (Phi) is 26.4. The molecule has 0 atom stereocenters. The maximum absolute atomic E-state index is 18.2. The number of hydrogen-bond acceptors (Lipinski definition) is 14. The van der Waals surface area contributed by atoms with E-state index < -0.39 is 10.8 Å². The molecule has 0 bridgehead atoms. The van der Waals surface area contributed by atoms with Gasteiger partial charge in [-0.25, -0.2) is 8.78 Å². The Morgan fingerprint density at radius 3 is 0.887 bits per heavy atom. The highest BCUT2D eigenvalue weighted by atomic mass is 32.1. The summed E-state index contributed by atoms with van der Waals surface area (Å²) in [5, 5.41) is 0. The fourth-order valence-electron chi connectivity index (χ4n) is 19.8. The van der Waals surface area contributed by atoms with E-state index in [0.717, 1.165) is 115 Å². The average molecular weight is 1820 g/mol. The number of hydrogen-bond donors (Lipinski definition) is 0. The highest BCUT2D eigenvalue weighted by molar-refractivity contribution is 7.32. The minimum Gasteiger partial charge on any atom is -0.206 e. The molecule has 17 aromatic rings. The summed E-state index contributed by atoms with van der Waals surface area (Å²) in [6, 6.07) is 70.5. The van der Waals surface area contributed by atoms with E-state index in [1.807, 2.05) is 45.3 Å². The Morgan fingerprint density at radius 2 is 0.556 bits per heavy atom. The van der Waals surface area contributed by atoms with Gasteiger partial charge in [-0.05, 0) is 229 Å². The zero-order valence-electron chi connectivity index (χ0n) is 72.2. The molecule has 0 unspecified atom stereocenters. The molecule has 16 heteroatoms. The molecule has 2 aliphatic rings. The highest BCUT2D eigenvalue weighted by Crippen LogP contribution is 2.69. The van der Waals surface area contributed by atoms with Gasteiger partial charge in [-0.2, -0.15) is 17.5 Å². The summed E-state index contributed by atoms with van der Waals surface area (Å²) in [7, 11) is 0. The molecule has 0 saturated heterocycles. The van der Waals surface area contributed by atoms with Gasteiger partial charge in [0.2, 0.25) is 0 Å². The van der Waals surface area contributed by atoms with Crippen molar-refractivity contribution >= 4 is 155 Å². The Labute approximate surface area is 771 Å². The van der Waals surface area contributed by atoms with Crippen LogP contribution in [-0.2, 0) is 49.4 Å². The van der Waals surface area contributed by atoms with Crippen LogP contribution in [0.25, 0.3) is 123 Å². The molecule has 0 radical (unpaired) electrons. The Balaban J connectivity index is 0.808. The molecule has 634 valence electrons. The summed E-state index contributed by atoms with van der Waals surface area (Å²) in [6.07, 6.45) is 35.4. The zero-order chi connectivity index (χ0) is 84.4. The lowest BCUT2D eigenvalue weighted by molar-refractivity contribution is 0.633. The van der Waals surface area contributed by atoms with E-state index in [0.29, 0.717) is 22.2 Å². The molecular weight excluding hydrogens is 1710 g/mol. The number of aryl methyl sites for hydroxylation is 6. The number of fused-ring (bicyclic) bond motifs is 12. The second-order valence-electron chi connectivity index (χ2n) is 34.7. The van der Waals surface area contributed by atoms with E-state index in [4.69, 9.17) is 17.5 Å². The minimum atomic E-state index is -0.828. The number of unbranched alkanes of at least 4 members (excludes halogenated alkanes) is 18. The Bertz CT molecular complexity index is 6070. The van der Waals surface area contributed by atoms with Crippen LogP contribution in [0.5, 0.6) is 0 Å². The molecule has 4 nitrogen and oxygen atoms in total. The average Bonchev–Trinajstić information content (AvgIpc) is 1.49. The Hall–Kier alpha value is -7.84. The second kappa shape index (κ2) is 38.2. The normalized spacial score (nSPS) is 13.3. The third-order valence-electron chi connectivity index (χ3n) is 26.3. The first-order chi connectivity index (χ1) is 61.0. The van der Waals surface area contributed by atoms with Gasteiger partial charge in [-0.1, -0.05) is 254 Å². The number of benzene rings is 7. The fraction of sp³-hybridized carbons (Fsp3) is 0.352. The van der Waals surface area contributed by atoms with E-state index in [2.05, 4.69) is 211 Å². The summed E-state index contributed by atoms with van der Waals surface area (Å²) in [4.78, 5) is 13.9. The van der Waals surface area contributed by atoms with E-state index in [-0.39, 0.29) is 11.6 Å². The van der Waals surface area contributed by atoms with E-state index in [1.165, 1.54) is 278 Å². The third kappa shape index (κ3) is 16.2. The van der Waals surface area contributed by atoms with Gasteiger partial charge in [0.15, 0.2) is 0 Å². The van der Waals surface area contributed by atoms with Crippen LogP contribution >= 0.6 is 114 Å². The molecule has 10 aromatic heterocycles. The molecule has 0 N–H and O–H groups in total. The van der Waals surface area contributed by atoms with E-state index >= 15 is 8.78 Å². The number of thiophene rings is 8. The summed E-state index contributed by atoms with van der Waals surface area (Å²) in [5.41, 5.74) is 21.5. The number of nitrogens with zero attached hydrogens (tertiary/aromatic N) is 4. The monoisotopic (exact) mass is 1820 g/mol. The predicted octanol–water partition coefficient (Wildman–Crippen LogP) is 36.2. The summed E-state index contributed by atoms with van der Waals surface area (Å²) in [6.45, 7) is 13.7. The standard InChI is InChI=1S/C108H108F2N4S10/c1-7-13-19-25-31-67-37-45-71(46-38-67)107(72-47-39-68(40-48-72)32-26-20-14-8-2)81-61-78-82(62-77(81)103-97(107)105-93(121-103)65-91(119-105)95-83(109)63-79(99-101(95)113-123-111-99)85-57-59-89(117-85)87-55-53-75(115-87)35-29-23-17-11-5)108(73-49-41-69(42-50-73)33-27-21-15-9-3,74-51-43-70(44-52-74)34-28-22-16-10-4)98-104(78)122-94-66-92(120-106(94)98)96-84(110)64-80(100-102(96)114-124-112-100)86-58-60-90(118-86)88-56-54-76(116-88)36-30-24-18-12-6/h37-66H,7-36H2,1-6H3. The summed E-state index contributed by atoms with van der Waals surface area (Å²) >= 11 is 16.8. The van der Waals surface area contributed by atoms with Crippen LogP contribution in [0.2, 0.25) is 0 Å². The van der Waals surface area contributed by atoms with Crippen molar-refractivity contribution in [3.05, 3.63) is 270 Å². The number of aromatic nitrogens is 4. The summed E-state index contributed by atoms with van der Waals surface area (Å²) < 4.78 is 61.2. The van der Waals surface area contributed by atoms with Crippen LogP contribution in [0.3, 0.4) is 0 Å². The molecule has 0 saturated carbocycles. The minimum absolute atomic E-state index is 0.281. The van der Waals surface area contributed by atoms with Crippen molar-refractivity contribution < 1.29 is 8.78 Å². The van der Waals surface area contributed by atoms with Gasteiger partial charge in [0, 0.05) is 90.2 Å². The number of halogens is 2. The van der Waals surface area contributed by atoms with Crippen molar-refractivity contribution in [2.45, 2.75) is 245 Å². The molecular formula is C108H108F2N4S10. The van der Waals surface area contributed by atoms with Gasteiger partial charge in [-0.3, -0.25) is 0 Å². The van der Waals surface area contributed by atoms with Gasteiger partial charge in [0.1, 0.15) is 33.7 Å². The molecule has 0 aliphatic heterocycles. The molecule has 0 fully saturated rings. The largest absolute Gasteiger partial charge is 0.206 e. The van der Waals surface area contributed by atoms with Gasteiger partial charge >= 0.3 is 0 Å². The lowest BCUT2D eigenvalue weighted by Crippen LogP contribution is -2.30. The lowest BCUT2D eigenvalue weighted by atomic mass is 9.65. The lowest BCUT2D eigenvalue weighted by Gasteiger charge is -2.36. The van der Waals surface area contributed by atoms with Crippen molar-refractivity contribution in [3.63, 3.8) is 0 Å². The first-order valence-electron chi connectivity index (χ1n) is 46.0. The first-order valence-corrected chi connectivity index (χ1v) is 54.0. The van der Waals surface area contributed by atoms with E-state index in [1.54, 1.807) is 57.5 Å². The Morgan fingerprint density at radius 1 is 0.258 bits per heavy atom. The molecule has 2 aliphatic carbocycles. The van der Waals surface area contributed by atoms with E-state index in [9.17, 15) is 0 Å². The summed E-state index contributed by atoms with van der Waals surface area (Å²) in [5.74, 6) is -0.563. The van der Waals surface area contributed by atoms with Crippen LogP contribution in [0.1, 0.15) is 272 Å². The van der Waals surface area contributed by atoms with Crippen molar-refractivity contribution in [1.29, 1.82) is 0 Å². The van der Waals surface area contributed by atoms with Crippen molar-refractivity contribution in [2.24, 2.45) is 0 Å². The smallest absolute Gasteiger partial charge is 0.134 e. The molecule has 10 heterocycles. The van der Waals surface area contributed by atoms with Gasteiger partial charge in [-0.15, -0.1) is 90.7 Å². The SMILES string of the molecule is CCCCCCc1ccc(C2(c3ccc(CCCCCC)cc3)c3cc4c(cc3-c3sc5cc(-c6c(F)cc(-c7ccc(-c8ccc(CCCCCC)s8)s7)c7nsnc67)sc5c32)C(c2ccc(CCCCCC)cc2)(c2ccc(CCCCCC)cc2)c2c-4sc3cc(-c4c(F)cc(-c5ccc(-c6ccc(CCCCCC)s6)s5)c5nsnc45)sc23)cc1. The van der Waals surface area contributed by atoms with Crippen LogP contribution in [-0.4, -0.2) is 17.5 Å². The van der Waals surface area contributed by atoms with Crippen LogP contribution in [0.15, 0.2) is 182 Å². The zero-order valence-corrected chi connectivity index (χ0v) is 80.3. The topological polar surface area (TPSA) is 51.6 Å². The second-order valence-corrected chi connectivity index (χ2v) is 44.4. The maximum Gasteiger partial charge on any atom is 0.134 e. The fourth-order valence-corrected chi connectivity index (χ4v) is 30.9. The first kappa shape index (κ1) is 85.6. The van der Waals surface area contributed by atoms with Crippen molar-refractivity contribution in [3.8, 4) is 82.2 Å².